The Morgan fingerprint density at radius 1 is 1.15 bits per heavy atom. The summed E-state index contributed by atoms with van der Waals surface area (Å²) in [6.45, 7) is 2.00. The van der Waals surface area contributed by atoms with Gasteiger partial charge in [-0.15, -0.1) is 0 Å². The molecule has 2 aromatic rings. The van der Waals surface area contributed by atoms with Crippen LogP contribution in [0.1, 0.15) is 18.5 Å². The largest absolute Gasteiger partial charge is 0.496 e. The number of nitrogens with one attached hydrogen (secondary N) is 1. The Bertz CT molecular complexity index is 588. The molecule has 0 saturated heterocycles. The minimum atomic E-state index is -0.208. The van der Waals surface area contributed by atoms with E-state index in [1.54, 1.807) is 13.2 Å². The molecule has 0 bridgehead atoms. The van der Waals surface area contributed by atoms with Crippen LogP contribution in [0.15, 0.2) is 52.3 Å². The molecule has 1 atom stereocenters. The summed E-state index contributed by atoms with van der Waals surface area (Å²) in [6, 6.07) is 13.1. The fraction of sp³-hybridized carbons (Fsp3) is 0.250. The number of hydrogen-bond donors (Lipinski definition) is 1. The summed E-state index contributed by atoms with van der Waals surface area (Å²) < 4.78 is 19.5. The van der Waals surface area contributed by atoms with Gasteiger partial charge in [-0.3, -0.25) is 0 Å². The van der Waals surface area contributed by atoms with Crippen molar-refractivity contribution in [1.29, 1.82) is 0 Å². The molecule has 0 aliphatic heterocycles. The number of hydrogen-bond acceptors (Lipinski definition) is 3. The van der Waals surface area contributed by atoms with Crippen LogP contribution in [-0.2, 0) is 0 Å². The molecule has 2 aromatic carbocycles. The van der Waals surface area contributed by atoms with E-state index in [0.29, 0.717) is 4.90 Å². The van der Waals surface area contributed by atoms with E-state index in [1.807, 2.05) is 50.4 Å². The summed E-state index contributed by atoms with van der Waals surface area (Å²) in [5.41, 5.74) is 0.939. The molecule has 4 heteroatoms. The molecule has 106 valence electrons. The third-order valence-electron chi connectivity index (χ3n) is 3.18. The normalized spacial score (nSPS) is 12.2. The van der Waals surface area contributed by atoms with Crippen LogP contribution >= 0.6 is 11.8 Å². The number of para-hydroxylation sites is 1. The molecule has 0 aliphatic rings. The average Bonchev–Trinajstić information content (AvgIpc) is 2.49. The van der Waals surface area contributed by atoms with Crippen LogP contribution in [0.3, 0.4) is 0 Å². The van der Waals surface area contributed by atoms with Crippen LogP contribution < -0.4 is 10.1 Å². The SMILES string of the molecule is CNC(C)c1ccc(Sc2ccccc2OC)c(F)c1. The molecule has 0 fully saturated rings. The topological polar surface area (TPSA) is 21.3 Å². The highest BCUT2D eigenvalue weighted by Gasteiger charge is 2.11. The van der Waals surface area contributed by atoms with Gasteiger partial charge in [0.2, 0.25) is 0 Å². The lowest BCUT2D eigenvalue weighted by molar-refractivity contribution is 0.405. The molecule has 0 saturated carbocycles. The summed E-state index contributed by atoms with van der Waals surface area (Å²) >= 11 is 1.37. The van der Waals surface area contributed by atoms with Gasteiger partial charge in [0, 0.05) is 10.9 Å². The molecule has 2 nitrogen and oxygen atoms in total. The van der Waals surface area contributed by atoms with Gasteiger partial charge in [-0.05, 0) is 43.8 Å². The third kappa shape index (κ3) is 3.32. The fourth-order valence-corrected chi connectivity index (χ4v) is 2.79. The summed E-state index contributed by atoms with van der Waals surface area (Å²) in [7, 11) is 3.48. The molecule has 0 aliphatic carbocycles. The predicted molar refractivity (Wildman–Crippen MR) is 81.0 cm³/mol. The Kier molecular flexibility index (Phi) is 5.04. The van der Waals surface area contributed by atoms with Gasteiger partial charge in [0.1, 0.15) is 11.6 Å². The van der Waals surface area contributed by atoms with Crippen LogP contribution in [-0.4, -0.2) is 14.2 Å². The van der Waals surface area contributed by atoms with Crippen molar-refractivity contribution >= 4 is 11.8 Å². The maximum absolute atomic E-state index is 14.2. The summed E-state index contributed by atoms with van der Waals surface area (Å²) in [6.07, 6.45) is 0. The van der Waals surface area contributed by atoms with Gasteiger partial charge in [-0.25, -0.2) is 4.39 Å². The standard InChI is InChI=1S/C16H18FNOS/c1-11(18-2)12-8-9-15(13(17)10-12)20-16-7-5-4-6-14(16)19-3/h4-11,18H,1-3H3. The quantitative estimate of drug-likeness (QED) is 0.889. The molecule has 0 aromatic heterocycles. The Morgan fingerprint density at radius 2 is 1.90 bits per heavy atom. The Hall–Kier alpha value is -1.52. The third-order valence-corrected chi connectivity index (χ3v) is 4.29. The van der Waals surface area contributed by atoms with Crippen molar-refractivity contribution in [1.82, 2.24) is 5.32 Å². The zero-order valence-electron chi connectivity index (χ0n) is 11.8. The van der Waals surface area contributed by atoms with Crippen molar-refractivity contribution in [2.24, 2.45) is 0 Å². The lowest BCUT2D eigenvalue weighted by Gasteiger charge is -2.13. The van der Waals surface area contributed by atoms with E-state index in [4.69, 9.17) is 4.74 Å². The fourth-order valence-electron chi connectivity index (χ4n) is 1.86. The molecule has 0 spiro atoms. The molecular weight excluding hydrogens is 273 g/mol. The second-order valence-corrected chi connectivity index (χ2v) is 5.54. The van der Waals surface area contributed by atoms with Gasteiger partial charge in [0.25, 0.3) is 0 Å². The highest BCUT2D eigenvalue weighted by Crippen LogP contribution is 2.36. The van der Waals surface area contributed by atoms with Crippen molar-refractivity contribution in [3.05, 3.63) is 53.8 Å². The minimum Gasteiger partial charge on any atom is -0.496 e. The molecule has 1 unspecified atom stereocenters. The number of benzene rings is 2. The molecule has 0 amide bonds. The molecule has 2 rings (SSSR count). The van der Waals surface area contributed by atoms with E-state index in [1.165, 1.54) is 11.8 Å². The van der Waals surface area contributed by atoms with E-state index in [-0.39, 0.29) is 11.9 Å². The number of rotatable bonds is 5. The second kappa shape index (κ2) is 6.77. The van der Waals surface area contributed by atoms with Crippen molar-refractivity contribution in [3.8, 4) is 5.75 Å². The maximum Gasteiger partial charge on any atom is 0.137 e. The van der Waals surface area contributed by atoms with Crippen molar-refractivity contribution in [2.45, 2.75) is 22.8 Å². The second-order valence-electron chi connectivity index (χ2n) is 4.45. The summed E-state index contributed by atoms with van der Waals surface area (Å²) in [5, 5.41) is 3.10. The van der Waals surface area contributed by atoms with Gasteiger partial charge in [0.05, 0.1) is 12.0 Å². The zero-order chi connectivity index (χ0) is 14.5. The molecule has 0 heterocycles. The predicted octanol–water partition coefficient (Wildman–Crippen LogP) is 4.27. The van der Waals surface area contributed by atoms with E-state index < -0.39 is 0 Å². The Morgan fingerprint density at radius 3 is 2.55 bits per heavy atom. The molecule has 1 N–H and O–H groups in total. The van der Waals surface area contributed by atoms with Crippen LogP contribution in [0.2, 0.25) is 0 Å². The van der Waals surface area contributed by atoms with E-state index in [2.05, 4.69) is 5.32 Å². The zero-order valence-corrected chi connectivity index (χ0v) is 12.6. The van der Waals surface area contributed by atoms with Gasteiger partial charge in [-0.2, -0.15) is 0 Å². The first-order chi connectivity index (χ1) is 9.65. The summed E-state index contributed by atoms with van der Waals surface area (Å²) in [4.78, 5) is 1.50. The first-order valence-corrected chi connectivity index (χ1v) is 7.25. The van der Waals surface area contributed by atoms with Crippen molar-refractivity contribution in [2.75, 3.05) is 14.2 Å². The van der Waals surface area contributed by atoms with Gasteiger partial charge >= 0.3 is 0 Å². The maximum atomic E-state index is 14.2. The Balaban J connectivity index is 2.26. The number of halogens is 1. The van der Waals surface area contributed by atoms with Crippen molar-refractivity contribution in [3.63, 3.8) is 0 Å². The van der Waals surface area contributed by atoms with E-state index in [9.17, 15) is 4.39 Å². The number of ether oxygens (including phenoxy) is 1. The van der Waals surface area contributed by atoms with Crippen molar-refractivity contribution < 1.29 is 9.13 Å². The van der Waals surface area contributed by atoms with Gasteiger partial charge < -0.3 is 10.1 Å². The van der Waals surface area contributed by atoms with Crippen LogP contribution in [0.25, 0.3) is 0 Å². The van der Waals surface area contributed by atoms with Crippen LogP contribution in [0, 0.1) is 5.82 Å². The number of methoxy groups -OCH3 is 1. The molecular formula is C16H18FNOS. The lowest BCUT2D eigenvalue weighted by Crippen LogP contribution is -2.12. The highest BCUT2D eigenvalue weighted by molar-refractivity contribution is 7.99. The van der Waals surface area contributed by atoms with E-state index in [0.717, 1.165) is 16.2 Å². The Labute approximate surface area is 123 Å². The van der Waals surface area contributed by atoms with Gasteiger partial charge in [0.15, 0.2) is 0 Å². The highest BCUT2D eigenvalue weighted by atomic mass is 32.2. The van der Waals surface area contributed by atoms with E-state index >= 15 is 0 Å². The van der Waals surface area contributed by atoms with Crippen LogP contribution in [0.4, 0.5) is 4.39 Å². The lowest BCUT2D eigenvalue weighted by atomic mass is 10.1. The minimum absolute atomic E-state index is 0.134. The molecule has 20 heavy (non-hydrogen) atoms. The monoisotopic (exact) mass is 291 g/mol. The first-order valence-electron chi connectivity index (χ1n) is 6.43. The molecule has 0 radical (unpaired) electrons. The average molecular weight is 291 g/mol. The summed E-state index contributed by atoms with van der Waals surface area (Å²) in [5.74, 6) is 0.546. The van der Waals surface area contributed by atoms with Crippen LogP contribution in [0.5, 0.6) is 5.75 Å². The van der Waals surface area contributed by atoms with Gasteiger partial charge in [-0.1, -0.05) is 30.0 Å². The first kappa shape index (κ1) is 14.9. The smallest absolute Gasteiger partial charge is 0.137 e.